The van der Waals surface area contributed by atoms with Gasteiger partial charge in [-0.15, -0.1) is 0 Å². The SMILES string of the molecule is CC(C)(CO)CN1C(=O)c2ccc(Cl)cc2C1C(=O)NCc1cccc(C(F)(F)F)c1. The van der Waals surface area contributed by atoms with Gasteiger partial charge in [-0.25, -0.2) is 0 Å². The molecule has 0 saturated carbocycles. The largest absolute Gasteiger partial charge is 0.416 e. The maximum Gasteiger partial charge on any atom is 0.416 e. The fourth-order valence-corrected chi connectivity index (χ4v) is 3.68. The Morgan fingerprint density at radius 1 is 1.19 bits per heavy atom. The molecule has 0 aromatic heterocycles. The number of fused-ring (bicyclic) bond motifs is 1. The lowest BCUT2D eigenvalue weighted by Crippen LogP contribution is -2.44. The zero-order valence-electron chi connectivity index (χ0n) is 17.0. The van der Waals surface area contributed by atoms with Gasteiger partial charge in [0, 0.05) is 35.7 Å². The van der Waals surface area contributed by atoms with Gasteiger partial charge in [0.1, 0.15) is 6.04 Å². The number of alkyl halides is 3. The Kier molecular flexibility index (Phi) is 6.34. The molecule has 2 amide bonds. The van der Waals surface area contributed by atoms with Crippen LogP contribution in [0, 0.1) is 5.41 Å². The predicted octanol–water partition coefficient (Wildman–Crippen LogP) is 4.19. The summed E-state index contributed by atoms with van der Waals surface area (Å²) in [6.45, 7) is 3.28. The molecule has 2 aromatic carbocycles. The second-order valence-corrected chi connectivity index (χ2v) is 8.74. The van der Waals surface area contributed by atoms with Crippen LogP contribution in [-0.2, 0) is 17.5 Å². The summed E-state index contributed by atoms with van der Waals surface area (Å²) in [5, 5.41) is 12.6. The molecule has 0 aliphatic carbocycles. The van der Waals surface area contributed by atoms with Gasteiger partial charge in [0.15, 0.2) is 0 Å². The summed E-state index contributed by atoms with van der Waals surface area (Å²) in [6.07, 6.45) is -4.49. The average molecular weight is 455 g/mol. The van der Waals surface area contributed by atoms with Crippen LogP contribution < -0.4 is 5.32 Å². The fraction of sp³-hybridized carbons (Fsp3) is 0.364. The number of benzene rings is 2. The molecule has 1 atom stereocenters. The van der Waals surface area contributed by atoms with Crippen LogP contribution in [0.5, 0.6) is 0 Å². The summed E-state index contributed by atoms with van der Waals surface area (Å²) < 4.78 is 38.8. The van der Waals surface area contributed by atoms with E-state index in [9.17, 15) is 27.9 Å². The second kappa shape index (κ2) is 8.51. The van der Waals surface area contributed by atoms with Gasteiger partial charge in [0.2, 0.25) is 5.91 Å². The minimum absolute atomic E-state index is 0.107. The number of hydrogen-bond acceptors (Lipinski definition) is 3. The lowest BCUT2D eigenvalue weighted by Gasteiger charge is -2.32. The van der Waals surface area contributed by atoms with Crippen molar-refractivity contribution in [3.05, 3.63) is 69.7 Å². The first-order valence-corrected chi connectivity index (χ1v) is 9.96. The Labute approximate surface area is 182 Å². The molecule has 1 aliphatic heterocycles. The maximum absolute atomic E-state index is 13.1. The zero-order chi connectivity index (χ0) is 23.0. The van der Waals surface area contributed by atoms with Gasteiger partial charge in [0.25, 0.3) is 5.91 Å². The lowest BCUT2D eigenvalue weighted by molar-refractivity contribution is -0.137. The van der Waals surface area contributed by atoms with E-state index in [2.05, 4.69) is 5.32 Å². The second-order valence-electron chi connectivity index (χ2n) is 8.31. The van der Waals surface area contributed by atoms with E-state index in [-0.39, 0.29) is 31.2 Å². The van der Waals surface area contributed by atoms with E-state index in [1.54, 1.807) is 26.0 Å². The van der Waals surface area contributed by atoms with Gasteiger partial charge in [-0.05, 0) is 41.5 Å². The highest BCUT2D eigenvalue weighted by molar-refractivity contribution is 6.31. The number of hydrogen-bond donors (Lipinski definition) is 2. The fourth-order valence-electron chi connectivity index (χ4n) is 3.49. The third-order valence-electron chi connectivity index (χ3n) is 5.11. The van der Waals surface area contributed by atoms with Crippen molar-refractivity contribution in [2.45, 2.75) is 32.6 Å². The molecular weight excluding hydrogens is 433 g/mol. The van der Waals surface area contributed by atoms with Gasteiger partial charge in [0.05, 0.1) is 5.56 Å². The third-order valence-corrected chi connectivity index (χ3v) is 5.34. The number of aliphatic hydroxyl groups is 1. The number of nitrogens with one attached hydrogen (secondary N) is 1. The van der Waals surface area contributed by atoms with E-state index in [0.717, 1.165) is 12.1 Å². The van der Waals surface area contributed by atoms with Crippen molar-refractivity contribution in [2.24, 2.45) is 5.41 Å². The molecule has 2 aromatic rings. The van der Waals surface area contributed by atoms with Crippen LogP contribution >= 0.6 is 11.6 Å². The van der Waals surface area contributed by atoms with Crippen molar-refractivity contribution in [1.82, 2.24) is 10.2 Å². The van der Waals surface area contributed by atoms with Crippen LogP contribution in [0.4, 0.5) is 13.2 Å². The summed E-state index contributed by atoms with van der Waals surface area (Å²) in [4.78, 5) is 27.4. The van der Waals surface area contributed by atoms with Crippen LogP contribution in [0.2, 0.25) is 5.02 Å². The molecule has 0 saturated heterocycles. The number of carbonyl (C=O) groups is 2. The standard InChI is InChI=1S/C22H22ClF3N2O3/c1-21(2,12-29)11-28-18(17-9-15(23)6-7-16(17)20(28)31)19(30)27-10-13-4-3-5-14(8-13)22(24,25)26/h3-9,18,29H,10-12H2,1-2H3,(H,27,30). The van der Waals surface area contributed by atoms with Crippen molar-refractivity contribution in [2.75, 3.05) is 13.2 Å². The van der Waals surface area contributed by atoms with Crippen molar-refractivity contribution >= 4 is 23.4 Å². The van der Waals surface area contributed by atoms with Crippen LogP contribution in [0.15, 0.2) is 42.5 Å². The maximum atomic E-state index is 13.1. The zero-order valence-corrected chi connectivity index (χ0v) is 17.7. The normalized spacial score (nSPS) is 16.4. The van der Waals surface area contributed by atoms with Gasteiger partial charge in [-0.2, -0.15) is 13.2 Å². The van der Waals surface area contributed by atoms with Crippen molar-refractivity contribution in [1.29, 1.82) is 0 Å². The first-order valence-electron chi connectivity index (χ1n) is 9.58. The highest BCUT2D eigenvalue weighted by Crippen LogP contribution is 2.37. The van der Waals surface area contributed by atoms with Gasteiger partial charge < -0.3 is 15.3 Å². The molecule has 1 unspecified atom stereocenters. The lowest BCUT2D eigenvalue weighted by atomic mass is 9.93. The molecule has 1 aliphatic rings. The van der Waals surface area contributed by atoms with Crippen molar-refractivity contribution in [3.8, 4) is 0 Å². The quantitative estimate of drug-likeness (QED) is 0.687. The van der Waals surface area contributed by atoms with E-state index in [1.165, 1.54) is 23.1 Å². The van der Waals surface area contributed by atoms with Crippen LogP contribution in [0.3, 0.4) is 0 Å². The summed E-state index contributed by atoms with van der Waals surface area (Å²) in [6, 6.07) is 8.31. The van der Waals surface area contributed by atoms with Crippen LogP contribution in [0.1, 0.15) is 46.9 Å². The summed E-state index contributed by atoms with van der Waals surface area (Å²) >= 11 is 6.07. The Hall–Kier alpha value is -2.58. The summed E-state index contributed by atoms with van der Waals surface area (Å²) in [5.41, 5.74) is -0.439. The Bertz CT molecular complexity index is 1010. The molecule has 0 bridgehead atoms. The number of nitrogens with zero attached hydrogens (tertiary/aromatic N) is 1. The molecule has 5 nitrogen and oxygen atoms in total. The molecule has 0 fully saturated rings. The number of carbonyl (C=O) groups excluding carboxylic acids is 2. The third kappa shape index (κ3) is 5.02. The monoisotopic (exact) mass is 454 g/mol. The van der Waals surface area contributed by atoms with E-state index in [1.807, 2.05) is 0 Å². The molecule has 2 N–H and O–H groups in total. The first kappa shape index (κ1) is 23.1. The number of halogens is 4. The van der Waals surface area contributed by atoms with Crippen LogP contribution in [0.25, 0.3) is 0 Å². The first-order chi connectivity index (χ1) is 14.4. The summed E-state index contributed by atoms with van der Waals surface area (Å²) in [7, 11) is 0. The van der Waals surface area contributed by atoms with E-state index in [0.29, 0.717) is 16.1 Å². The molecule has 0 spiro atoms. The topological polar surface area (TPSA) is 69.6 Å². The molecule has 31 heavy (non-hydrogen) atoms. The van der Waals surface area contributed by atoms with Gasteiger partial charge >= 0.3 is 6.18 Å². The van der Waals surface area contributed by atoms with E-state index >= 15 is 0 Å². The molecule has 3 rings (SSSR count). The minimum atomic E-state index is -4.49. The van der Waals surface area contributed by atoms with E-state index < -0.39 is 29.1 Å². The minimum Gasteiger partial charge on any atom is -0.396 e. The molecule has 1 heterocycles. The van der Waals surface area contributed by atoms with Crippen molar-refractivity contribution < 1.29 is 27.9 Å². The van der Waals surface area contributed by atoms with Crippen molar-refractivity contribution in [3.63, 3.8) is 0 Å². The Balaban J connectivity index is 1.86. The summed E-state index contributed by atoms with van der Waals surface area (Å²) in [5.74, 6) is -0.909. The number of rotatable bonds is 6. The van der Waals surface area contributed by atoms with Gasteiger partial charge in [-0.1, -0.05) is 37.6 Å². The molecule has 166 valence electrons. The van der Waals surface area contributed by atoms with Gasteiger partial charge in [-0.3, -0.25) is 9.59 Å². The Morgan fingerprint density at radius 3 is 2.55 bits per heavy atom. The predicted molar refractivity (Wildman–Crippen MR) is 109 cm³/mol. The smallest absolute Gasteiger partial charge is 0.396 e. The van der Waals surface area contributed by atoms with E-state index in [4.69, 9.17) is 11.6 Å². The Morgan fingerprint density at radius 2 is 1.90 bits per heavy atom. The number of aliphatic hydroxyl groups excluding tert-OH is 1. The average Bonchev–Trinajstić information content (AvgIpc) is 2.96. The number of amides is 2. The molecule has 0 radical (unpaired) electrons. The molecular formula is C22H22ClF3N2O3. The highest BCUT2D eigenvalue weighted by Gasteiger charge is 2.43. The van der Waals surface area contributed by atoms with Crippen LogP contribution in [-0.4, -0.2) is 35.0 Å². The molecule has 9 heteroatoms. The highest BCUT2D eigenvalue weighted by atomic mass is 35.5.